The molecule has 0 aliphatic carbocycles. The minimum atomic E-state index is -0.445. The maximum atomic E-state index is 10.7. The summed E-state index contributed by atoms with van der Waals surface area (Å²) >= 11 is 6.81. The molecular weight excluding hydrogens is 432 g/mol. The molecule has 0 saturated carbocycles. The molecule has 0 fully saturated rings. The Hall–Kier alpha value is -1.93. The smallest absolute Gasteiger partial charge is 0.269 e. The Bertz CT molecular complexity index is 727. The summed E-state index contributed by atoms with van der Waals surface area (Å²) in [6, 6.07) is 9.91. The number of hydrogen-bond acceptors (Lipinski definition) is 5. The number of benzene rings is 2. The molecular formula is C15H12Br2N2O4. The zero-order valence-corrected chi connectivity index (χ0v) is 15.2. The van der Waals surface area contributed by atoms with Crippen molar-refractivity contribution in [2.45, 2.75) is 6.61 Å². The van der Waals surface area contributed by atoms with Crippen molar-refractivity contribution in [3.8, 4) is 5.75 Å². The van der Waals surface area contributed by atoms with E-state index in [9.17, 15) is 10.1 Å². The summed E-state index contributed by atoms with van der Waals surface area (Å²) in [5.74, 6) is 0.694. The van der Waals surface area contributed by atoms with E-state index in [1.54, 1.807) is 25.5 Å². The van der Waals surface area contributed by atoms with E-state index in [0.717, 1.165) is 14.5 Å². The van der Waals surface area contributed by atoms with Crippen LogP contribution in [0.25, 0.3) is 0 Å². The summed E-state index contributed by atoms with van der Waals surface area (Å²) in [6.07, 6.45) is 1.55. The highest BCUT2D eigenvalue weighted by atomic mass is 79.9. The van der Waals surface area contributed by atoms with Crippen LogP contribution in [0.5, 0.6) is 5.75 Å². The molecule has 0 aliphatic rings. The van der Waals surface area contributed by atoms with Crippen molar-refractivity contribution >= 4 is 43.8 Å². The van der Waals surface area contributed by atoms with Crippen LogP contribution in [0, 0.1) is 10.1 Å². The topological polar surface area (TPSA) is 74.0 Å². The monoisotopic (exact) mass is 442 g/mol. The van der Waals surface area contributed by atoms with Gasteiger partial charge in [-0.05, 0) is 55.1 Å². The predicted molar refractivity (Wildman–Crippen MR) is 93.9 cm³/mol. The third-order valence-electron chi connectivity index (χ3n) is 2.85. The number of hydrogen-bond donors (Lipinski definition) is 0. The second kappa shape index (κ2) is 8.07. The number of ether oxygens (including phenoxy) is 1. The summed E-state index contributed by atoms with van der Waals surface area (Å²) in [4.78, 5) is 15.4. The molecule has 120 valence electrons. The number of nitro groups is 1. The van der Waals surface area contributed by atoms with Gasteiger partial charge in [-0.2, -0.15) is 0 Å². The zero-order chi connectivity index (χ0) is 16.8. The molecule has 2 aromatic rings. The van der Waals surface area contributed by atoms with E-state index in [4.69, 9.17) is 9.57 Å². The maximum absolute atomic E-state index is 10.7. The van der Waals surface area contributed by atoms with E-state index < -0.39 is 4.92 Å². The Morgan fingerprint density at radius 3 is 2.57 bits per heavy atom. The van der Waals surface area contributed by atoms with Gasteiger partial charge in [-0.25, -0.2) is 0 Å². The lowest BCUT2D eigenvalue weighted by molar-refractivity contribution is -0.384. The van der Waals surface area contributed by atoms with Crippen molar-refractivity contribution in [1.82, 2.24) is 0 Å². The van der Waals surface area contributed by atoms with Crippen LogP contribution in [0.3, 0.4) is 0 Å². The zero-order valence-electron chi connectivity index (χ0n) is 12.0. The molecule has 0 aliphatic heterocycles. The van der Waals surface area contributed by atoms with E-state index >= 15 is 0 Å². The predicted octanol–water partition coefficient (Wildman–Crippen LogP) is 4.68. The van der Waals surface area contributed by atoms with Crippen LogP contribution in [0.2, 0.25) is 0 Å². The van der Waals surface area contributed by atoms with E-state index in [1.807, 2.05) is 12.1 Å². The number of nitrogens with zero attached hydrogens (tertiary/aromatic N) is 2. The lowest BCUT2D eigenvalue weighted by atomic mass is 10.2. The fourth-order valence-electron chi connectivity index (χ4n) is 1.82. The number of nitro benzene ring substituents is 1. The Morgan fingerprint density at radius 2 is 1.96 bits per heavy atom. The van der Waals surface area contributed by atoms with Gasteiger partial charge in [0.1, 0.15) is 12.4 Å². The first kappa shape index (κ1) is 17.4. The van der Waals surface area contributed by atoms with Crippen LogP contribution in [0.15, 0.2) is 50.5 Å². The van der Waals surface area contributed by atoms with Gasteiger partial charge in [0.2, 0.25) is 0 Å². The Morgan fingerprint density at radius 1 is 1.26 bits per heavy atom. The standard InChI is InChI=1S/C15H12Br2N2O4/c1-22-15-13(16)6-11(7-14(15)17)8-18-23-9-10-3-2-4-12(5-10)19(20)21/h2-8H,9H2,1H3/b18-8-. The van der Waals surface area contributed by atoms with Crippen molar-refractivity contribution in [3.63, 3.8) is 0 Å². The second-order valence-corrected chi connectivity index (χ2v) is 6.16. The van der Waals surface area contributed by atoms with Crippen molar-refractivity contribution in [2.75, 3.05) is 7.11 Å². The lowest BCUT2D eigenvalue weighted by Crippen LogP contribution is -1.93. The van der Waals surface area contributed by atoms with Crippen molar-refractivity contribution in [3.05, 3.63) is 66.6 Å². The van der Waals surface area contributed by atoms with Crippen molar-refractivity contribution < 1.29 is 14.5 Å². The van der Waals surface area contributed by atoms with Gasteiger partial charge in [-0.15, -0.1) is 0 Å². The van der Waals surface area contributed by atoms with Crippen molar-refractivity contribution in [2.24, 2.45) is 5.16 Å². The van der Waals surface area contributed by atoms with Gasteiger partial charge in [-0.3, -0.25) is 10.1 Å². The normalized spacial score (nSPS) is 10.7. The minimum absolute atomic E-state index is 0.0260. The summed E-state index contributed by atoms with van der Waals surface area (Å²) in [6.45, 7) is 0.149. The number of oxime groups is 1. The quantitative estimate of drug-likeness (QED) is 0.369. The highest BCUT2D eigenvalue weighted by Gasteiger charge is 2.07. The first-order valence-electron chi connectivity index (χ1n) is 6.43. The molecule has 0 amide bonds. The molecule has 0 aromatic heterocycles. The van der Waals surface area contributed by atoms with E-state index in [-0.39, 0.29) is 12.3 Å². The molecule has 6 nitrogen and oxygen atoms in total. The highest BCUT2D eigenvalue weighted by Crippen LogP contribution is 2.33. The number of methoxy groups -OCH3 is 1. The fourth-order valence-corrected chi connectivity index (χ4v) is 3.36. The van der Waals surface area contributed by atoms with Gasteiger partial charge in [0.15, 0.2) is 0 Å². The van der Waals surface area contributed by atoms with Gasteiger partial charge in [-0.1, -0.05) is 17.3 Å². The number of rotatable bonds is 6. The molecule has 0 radical (unpaired) electrons. The van der Waals surface area contributed by atoms with Crippen LogP contribution in [0.1, 0.15) is 11.1 Å². The van der Waals surface area contributed by atoms with Gasteiger partial charge in [0.25, 0.3) is 5.69 Å². The third kappa shape index (κ3) is 4.77. The molecule has 2 rings (SSSR count). The van der Waals surface area contributed by atoms with E-state index in [1.165, 1.54) is 12.1 Å². The van der Waals surface area contributed by atoms with Crippen LogP contribution in [-0.2, 0) is 11.4 Å². The van der Waals surface area contributed by atoms with Gasteiger partial charge in [0, 0.05) is 12.1 Å². The largest absolute Gasteiger partial charge is 0.494 e. The highest BCUT2D eigenvalue weighted by molar-refractivity contribution is 9.11. The van der Waals surface area contributed by atoms with E-state index in [0.29, 0.717) is 11.3 Å². The molecule has 0 saturated heterocycles. The molecule has 0 heterocycles. The Kier molecular flexibility index (Phi) is 6.12. The third-order valence-corrected chi connectivity index (χ3v) is 4.03. The second-order valence-electron chi connectivity index (χ2n) is 4.45. The molecule has 0 unspecified atom stereocenters. The van der Waals surface area contributed by atoms with Crippen LogP contribution >= 0.6 is 31.9 Å². The SMILES string of the molecule is COc1c(Br)cc(/C=N\OCc2cccc([N+](=O)[O-])c2)cc1Br. The lowest BCUT2D eigenvalue weighted by Gasteiger charge is -2.06. The summed E-state index contributed by atoms with van der Waals surface area (Å²) in [7, 11) is 1.58. The molecule has 0 N–H and O–H groups in total. The molecule has 8 heteroatoms. The Labute approximate surface area is 149 Å². The summed E-state index contributed by atoms with van der Waals surface area (Å²) in [5.41, 5.74) is 1.51. The van der Waals surface area contributed by atoms with Crippen LogP contribution in [-0.4, -0.2) is 18.2 Å². The average molecular weight is 444 g/mol. The Balaban J connectivity index is 2.00. The van der Waals surface area contributed by atoms with Crippen LogP contribution in [0.4, 0.5) is 5.69 Å². The van der Waals surface area contributed by atoms with Crippen LogP contribution < -0.4 is 4.74 Å². The molecule has 0 atom stereocenters. The first-order chi connectivity index (χ1) is 11.0. The summed E-state index contributed by atoms with van der Waals surface area (Å²) in [5, 5.41) is 14.6. The molecule has 23 heavy (non-hydrogen) atoms. The van der Waals surface area contributed by atoms with Crippen molar-refractivity contribution in [1.29, 1.82) is 0 Å². The summed E-state index contributed by atoms with van der Waals surface area (Å²) < 4.78 is 6.79. The molecule has 0 bridgehead atoms. The maximum Gasteiger partial charge on any atom is 0.269 e. The van der Waals surface area contributed by atoms with Gasteiger partial charge in [0.05, 0.1) is 27.2 Å². The first-order valence-corrected chi connectivity index (χ1v) is 8.01. The molecule has 0 spiro atoms. The number of halogens is 2. The average Bonchev–Trinajstić information content (AvgIpc) is 2.51. The molecule has 2 aromatic carbocycles. The van der Waals surface area contributed by atoms with E-state index in [2.05, 4.69) is 37.0 Å². The van der Waals surface area contributed by atoms with Gasteiger partial charge >= 0.3 is 0 Å². The fraction of sp³-hybridized carbons (Fsp3) is 0.133. The number of non-ortho nitro benzene ring substituents is 1. The minimum Gasteiger partial charge on any atom is -0.494 e. The van der Waals surface area contributed by atoms with Gasteiger partial charge < -0.3 is 9.57 Å².